The summed E-state index contributed by atoms with van der Waals surface area (Å²) in [7, 11) is 0. The van der Waals surface area contributed by atoms with Gasteiger partial charge in [-0.3, -0.25) is 9.59 Å². The molecule has 0 aromatic rings. The van der Waals surface area contributed by atoms with Crippen LogP contribution in [0, 0.1) is 0 Å². The summed E-state index contributed by atoms with van der Waals surface area (Å²) in [6.07, 6.45) is 2.25. The lowest BCUT2D eigenvalue weighted by atomic mass is 10.0. The minimum Gasteiger partial charge on any atom is -0.394 e. The number of aliphatic hydroxyl groups excluding tert-OH is 3. The third kappa shape index (κ3) is 7.12. The summed E-state index contributed by atoms with van der Waals surface area (Å²) < 4.78 is 0. The molecule has 0 saturated heterocycles. The topological polar surface area (TPSA) is 119 Å². The largest absolute Gasteiger partial charge is 0.394 e. The third-order valence-electron chi connectivity index (χ3n) is 3.12. The number of amides is 2. The summed E-state index contributed by atoms with van der Waals surface area (Å²) in [5, 5.41) is 32.6. The normalized spacial score (nSPS) is 12.8. The average Bonchev–Trinajstić information content (AvgIpc) is 2.50. The van der Waals surface area contributed by atoms with Gasteiger partial charge < -0.3 is 26.0 Å². The van der Waals surface area contributed by atoms with Crippen molar-refractivity contribution in [2.45, 2.75) is 44.2 Å². The molecule has 0 aliphatic carbocycles. The first kappa shape index (κ1) is 20.2. The van der Waals surface area contributed by atoms with Crippen LogP contribution in [0.1, 0.15) is 32.6 Å². The molecule has 0 rings (SSSR count). The number of unbranched alkanes of at least 4 members (excludes halogenated alkanes) is 1. The Hall–Kier alpha value is -0.830. The van der Waals surface area contributed by atoms with Crippen molar-refractivity contribution < 1.29 is 24.9 Å². The van der Waals surface area contributed by atoms with Gasteiger partial charge in [-0.2, -0.15) is 12.6 Å². The van der Waals surface area contributed by atoms with Crippen molar-refractivity contribution >= 4 is 24.4 Å². The summed E-state index contributed by atoms with van der Waals surface area (Å²) in [6, 6.07) is -0.809. The Morgan fingerprint density at radius 1 is 1.19 bits per heavy atom. The summed E-state index contributed by atoms with van der Waals surface area (Å²) >= 11 is 4.05. The second-order valence-corrected chi connectivity index (χ2v) is 5.43. The smallest absolute Gasteiger partial charge is 0.243 e. The van der Waals surface area contributed by atoms with Crippen LogP contribution in [-0.2, 0) is 9.59 Å². The highest BCUT2D eigenvalue weighted by molar-refractivity contribution is 7.80. The van der Waals surface area contributed by atoms with Gasteiger partial charge in [-0.05, 0) is 18.6 Å². The molecule has 0 aliphatic heterocycles. The molecule has 21 heavy (non-hydrogen) atoms. The van der Waals surface area contributed by atoms with Gasteiger partial charge in [0.25, 0.3) is 0 Å². The Kier molecular flexibility index (Phi) is 10.4. The number of aliphatic hydroxyl groups is 3. The molecular weight excluding hydrogens is 296 g/mol. The van der Waals surface area contributed by atoms with Crippen LogP contribution in [0.15, 0.2) is 0 Å². The zero-order valence-corrected chi connectivity index (χ0v) is 13.2. The van der Waals surface area contributed by atoms with Gasteiger partial charge in [0.2, 0.25) is 11.8 Å². The van der Waals surface area contributed by atoms with E-state index in [0.717, 1.165) is 12.8 Å². The number of nitrogens with one attached hydrogen (secondary N) is 2. The molecule has 2 amide bonds. The molecule has 0 fully saturated rings. The molecule has 8 heteroatoms. The molecule has 5 N–H and O–H groups in total. The van der Waals surface area contributed by atoms with Crippen LogP contribution in [-0.4, -0.2) is 64.3 Å². The Bertz CT molecular complexity index is 315. The van der Waals surface area contributed by atoms with E-state index in [1.165, 1.54) is 0 Å². The van der Waals surface area contributed by atoms with Crippen LogP contribution in [0.4, 0.5) is 0 Å². The summed E-state index contributed by atoms with van der Waals surface area (Å²) in [5.74, 6) is -0.413. The average molecular weight is 322 g/mol. The van der Waals surface area contributed by atoms with E-state index in [1.807, 2.05) is 6.92 Å². The fourth-order valence-electron chi connectivity index (χ4n) is 1.62. The molecule has 0 aromatic heterocycles. The molecule has 7 nitrogen and oxygen atoms in total. The first-order valence-electron chi connectivity index (χ1n) is 7.03. The van der Waals surface area contributed by atoms with Gasteiger partial charge in [0.15, 0.2) is 0 Å². The van der Waals surface area contributed by atoms with Crippen molar-refractivity contribution in [3.63, 3.8) is 0 Å². The van der Waals surface area contributed by atoms with Crippen LogP contribution in [0.5, 0.6) is 0 Å². The first-order chi connectivity index (χ1) is 9.98. The molecule has 1 unspecified atom stereocenters. The maximum absolute atomic E-state index is 12.1. The second-order valence-electron chi connectivity index (χ2n) is 4.98. The Morgan fingerprint density at radius 3 is 2.19 bits per heavy atom. The monoisotopic (exact) mass is 322 g/mol. The van der Waals surface area contributed by atoms with Gasteiger partial charge in [0, 0.05) is 6.42 Å². The van der Waals surface area contributed by atoms with Gasteiger partial charge in [-0.1, -0.05) is 13.3 Å². The van der Waals surface area contributed by atoms with Crippen LogP contribution >= 0.6 is 12.6 Å². The Balaban J connectivity index is 4.71. The highest BCUT2D eigenvalue weighted by atomic mass is 32.1. The van der Waals surface area contributed by atoms with Crippen LogP contribution < -0.4 is 10.6 Å². The minimum atomic E-state index is -1.50. The van der Waals surface area contributed by atoms with Gasteiger partial charge in [-0.15, -0.1) is 0 Å². The molecule has 0 radical (unpaired) electrons. The number of hydrogen-bond donors (Lipinski definition) is 6. The van der Waals surface area contributed by atoms with Crippen molar-refractivity contribution in [1.82, 2.24) is 10.6 Å². The molecule has 0 aliphatic rings. The molecule has 0 saturated carbocycles. The first-order valence-corrected chi connectivity index (χ1v) is 7.66. The van der Waals surface area contributed by atoms with E-state index < -0.39 is 37.3 Å². The highest BCUT2D eigenvalue weighted by Gasteiger charge is 2.32. The highest BCUT2D eigenvalue weighted by Crippen LogP contribution is 2.05. The van der Waals surface area contributed by atoms with E-state index >= 15 is 0 Å². The van der Waals surface area contributed by atoms with Gasteiger partial charge in [0.05, 0.1) is 19.8 Å². The summed E-state index contributed by atoms with van der Waals surface area (Å²) in [6.45, 7) is 0.138. The maximum atomic E-state index is 12.1. The van der Waals surface area contributed by atoms with Crippen molar-refractivity contribution in [1.29, 1.82) is 0 Å². The lowest BCUT2D eigenvalue weighted by Gasteiger charge is -2.31. The maximum Gasteiger partial charge on any atom is 0.243 e. The Labute approximate surface area is 130 Å². The molecule has 124 valence electrons. The second kappa shape index (κ2) is 10.8. The molecule has 1 atom stereocenters. The van der Waals surface area contributed by atoms with Crippen molar-refractivity contribution in [2.75, 3.05) is 25.6 Å². The predicted octanol–water partition coefficient (Wildman–Crippen LogP) is -1.19. The van der Waals surface area contributed by atoms with E-state index in [2.05, 4.69) is 23.3 Å². The van der Waals surface area contributed by atoms with Crippen LogP contribution in [0.3, 0.4) is 0 Å². The van der Waals surface area contributed by atoms with Gasteiger partial charge in [-0.25, -0.2) is 0 Å². The van der Waals surface area contributed by atoms with Gasteiger partial charge >= 0.3 is 0 Å². The zero-order valence-electron chi connectivity index (χ0n) is 12.3. The number of carbonyl (C=O) groups excluding carboxylic acids is 2. The number of hydrogen-bond acceptors (Lipinski definition) is 6. The number of carbonyl (C=O) groups is 2. The van der Waals surface area contributed by atoms with Crippen molar-refractivity contribution in [2.24, 2.45) is 0 Å². The van der Waals surface area contributed by atoms with E-state index in [9.17, 15) is 24.9 Å². The standard InChI is InChI=1S/C13H26N2O5S/c1-2-3-4-11(19)14-10(5-6-21)12(20)15-13(7-16,8-17)9-18/h10,16-18,21H,2-9H2,1H3,(H,14,19)(H,15,20). The summed E-state index contributed by atoms with van der Waals surface area (Å²) in [5.41, 5.74) is -1.50. The lowest BCUT2D eigenvalue weighted by molar-refractivity contribution is -0.131. The number of rotatable bonds is 11. The minimum absolute atomic E-state index is 0.235. The quantitative estimate of drug-likeness (QED) is 0.267. The van der Waals surface area contributed by atoms with Crippen LogP contribution in [0.25, 0.3) is 0 Å². The fourth-order valence-corrected chi connectivity index (χ4v) is 1.88. The third-order valence-corrected chi connectivity index (χ3v) is 3.38. The molecule has 0 spiro atoms. The molecule has 0 aromatic carbocycles. The van der Waals surface area contributed by atoms with Gasteiger partial charge in [0.1, 0.15) is 11.6 Å². The van der Waals surface area contributed by atoms with Crippen molar-refractivity contribution in [3.05, 3.63) is 0 Å². The Morgan fingerprint density at radius 2 is 1.76 bits per heavy atom. The van der Waals surface area contributed by atoms with E-state index in [4.69, 9.17) is 0 Å². The van der Waals surface area contributed by atoms with E-state index in [0.29, 0.717) is 18.6 Å². The predicted molar refractivity (Wildman–Crippen MR) is 82.1 cm³/mol. The van der Waals surface area contributed by atoms with E-state index in [1.54, 1.807) is 0 Å². The lowest BCUT2D eigenvalue weighted by Crippen LogP contribution is -2.61. The SMILES string of the molecule is CCCCC(=O)NC(CCS)C(=O)NC(CO)(CO)CO. The molecular formula is C13H26N2O5S. The zero-order chi connectivity index (χ0) is 16.3. The fraction of sp³-hybridized carbons (Fsp3) is 0.846. The van der Waals surface area contributed by atoms with Crippen LogP contribution in [0.2, 0.25) is 0 Å². The van der Waals surface area contributed by atoms with E-state index in [-0.39, 0.29) is 5.91 Å². The number of thiol groups is 1. The van der Waals surface area contributed by atoms with Crippen molar-refractivity contribution in [3.8, 4) is 0 Å². The molecule has 0 heterocycles. The molecule has 0 bridgehead atoms. The summed E-state index contributed by atoms with van der Waals surface area (Å²) in [4.78, 5) is 23.8.